The molecule has 0 saturated heterocycles. The second kappa shape index (κ2) is 5.36. The molecule has 0 bridgehead atoms. The van der Waals surface area contributed by atoms with E-state index in [4.69, 9.17) is 15.7 Å². The van der Waals surface area contributed by atoms with E-state index in [1.54, 1.807) is 12.1 Å². The van der Waals surface area contributed by atoms with Gasteiger partial charge in [0.25, 0.3) is 0 Å². The van der Waals surface area contributed by atoms with Gasteiger partial charge in [0.15, 0.2) is 5.84 Å². The van der Waals surface area contributed by atoms with Crippen LogP contribution in [0.5, 0.6) is 0 Å². The number of ether oxygens (including phenoxy) is 1. The Hall–Kier alpha value is -1.55. The number of benzene rings is 1. The van der Waals surface area contributed by atoms with Crippen LogP contribution >= 0.6 is 0 Å². The summed E-state index contributed by atoms with van der Waals surface area (Å²) in [6, 6.07) is 7.40. The monoisotopic (exact) mass is 208 g/mol. The Morgan fingerprint density at radius 3 is 2.47 bits per heavy atom. The highest BCUT2D eigenvalue weighted by Crippen LogP contribution is 2.06. The van der Waals surface area contributed by atoms with Gasteiger partial charge < -0.3 is 15.7 Å². The molecule has 3 N–H and O–H groups in total. The number of nitrogens with zero attached hydrogens (tertiary/aromatic N) is 1. The zero-order chi connectivity index (χ0) is 11.3. The molecule has 1 aromatic carbocycles. The molecule has 1 aromatic rings. The van der Waals surface area contributed by atoms with Crippen LogP contribution in [-0.2, 0) is 11.3 Å². The molecule has 0 aromatic heterocycles. The number of rotatable bonds is 4. The van der Waals surface area contributed by atoms with Crippen molar-refractivity contribution in [2.45, 2.75) is 26.6 Å². The van der Waals surface area contributed by atoms with Crippen molar-refractivity contribution in [1.29, 1.82) is 0 Å². The molecule has 0 saturated carbocycles. The minimum atomic E-state index is 0.117. The average molecular weight is 208 g/mol. The third kappa shape index (κ3) is 3.59. The molecule has 0 fully saturated rings. The van der Waals surface area contributed by atoms with Crippen molar-refractivity contribution in [3.63, 3.8) is 0 Å². The van der Waals surface area contributed by atoms with E-state index in [1.165, 1.54) is 0 Å². The first-order chi connectivity index (χ1) is 7.13. The summed E-state index contributed by atoms with van der Waals surface area (Å²) in [4.78, 5) is 0. The van der Waals surface area contributed by atoms with Crippen molar-refractivity contribution < 1.29 is 9.94 Å². The van der Waals surface area contributed by atoms with Gasteiger partial charge in [0.05, 0.1) is 12.7 Å². The van der Waals surface area contributed by atoms with Crippen LogP contribution in [0.25, 0.3) is 0 Å². The molecule has 1 rings (SSSR count). The quantitative estimate of drug-likeness (QED) is 0.342. The standard InChI is InChI=1S/C11H16N2O2/c1-8(2)15-7-9-3-5-10(6-4-9)11(12)13-14/h3-6,8,14H,7H2,1-2H3,(H2,12,13). The Labute approximate surface area is 89.4 Å². The van der Waals surface area contributed by atoms with Gasteiger partial charge in [-0.1, -0.05) is 29.4 Å². The molecule has 4 nitrogen and oxygen atoms in total. The van der Waals surface area contributed by atoms with E-state index < -0.39 is 0 Å². The summed E-state index contributed by atoms with van der Waals surface area (Å²) in [6.45, 7) is 4.56. The highest BCUT2D eigenvalue weighted by Gasteiger charge is 2.00. The van der Waals surface area contributed by atoms with Crippen molar-refractivity contribution in [1.82, 2.24) is 0 Å². The maximum Gasteiger partial charge on any atom is 0.170 e. The van der Waals surface area contributed by atoms with Gasteiger partial charge in [-0.15, -0.1) is 0 Å². The third-order valence-electron chi connectivity index (χ3n) is 1.94. The summed E-state index contributed by atoms with van der Waals surface area (Å²) in [6.07, 6.45) is 0.216. The molecule has 15 heavy (non-hydrogen) atoms. The second-order valence-corrected chi connectivity index (χ2v) is 3.54. The van der Waals surface area contributed by atoms with Crippen molar-refractivity contribution >= 4 is 5.84 Å². The lowest BCUT2D eigenvalue weighted by atomic mass is 10.1. The Balaban J connectivity index is 2.64. The SMILES string of the molecule is CC(C)OCc1ccc(/C(N)=N/O)cc1. The van der Waals surface area contributed by atoms with Gasteiger partial charge in [-0.05, 0) is 19.4 Å². The summed E-state index contributed by atoms with van der Waals surface area (Å²) in [5, 5.41) is 11.4. The molecular weight excluding hydrogens is 192 g/mol. The number of amidine groups is 1. The molecule has 0 spiro atoms. The first kappa shape index (κ1) is 11.5. The van der Waals surface area contributed by atoms with Crippen LogP contribution in [0.15, 0.2) is 29.4 Å². The molecule has 0 aliphatic carbocycles. The third-order valence-corrected chi connectivity index (χ3v) is 1.94. The summed E-state index contributed by atoms with van der Waals surface area (Å²) < 4.78 is 5.44. The largest absolute Gasteiger partial charge is 0.409 e. The van der Waals surface area contributed by atoms with Gasteiger partial charge >= 0.3 is 0 Å². The molecule has 0 aliphatic rings. The van der Waals surface area contributed by atoms with Crippen LogP contribution in [0.4, 0.5) is 0 Å². The zero-order valence-corrected chi connectivity index (χ0v) is 8.97. The highest BCUT2D eigenvalue weighted by atomic mass is 16.5. The van der Waals surface area contributed by atoms with Crippen molar-refractivity contribution in [3.8, 4) is 0 Å². The smallest absolute Gasteiger partial charge is 0.170 e. The van der Waals surface area contributed by atoms with Crippen molar-refractivity contribution in [3.05, 3.63) is 35.4 Å². The van der Waals surface area contributed by atoms with Crippen LogP contribution in [0.3, 0.4) is 0 Å². The maximum absolute atomic E-state index is 8.47. The van der Waals surface area contributed by atoms with Gasteiger partial charge in [0, 0.05) is 5.56 Å². The highest BCUT2D eigenvalue weighted by molar-refractivity contribution is 5.96. The van der Waals surface area contributed by atoms with Gasteiger partial charge in [-0.3, -0.25) is 0 Å². The van der Waals surface area contributed by atoms with E-state index in [1.807, 2.05) is 26.0 Å². The molecule has 0 heterocycles. The van der Waals surface area contributed by atoms with E-state index in [0.717, 1.165) is 5.56 Å². The Kier molecular flexibility index (Phi) is 4.12. The first-order valence-corrected chi connectivity index (χ1v) is 4.82. The summed E-state index contributed by atoms with van der Waals surface area (Å²) >= 11 is 0. The average Bonchev–Trinajstić information content (AvgIpc) is 2.26. The van der Waals surface area contributed by atoms with Crippen LogP contribution < -0.4 is 5.73 Å². The molecule has 0 atom stereocenters. The van der Waals surface area contributed by atoms with E-state index in [-0.39, 0.29) is 11.9 Å². The maximum atomic E-state index is 8.47. The van der Waals surface area contributed by atoms with Gasteiger partial charge in [0.2, 0.25) is 0 Å². The van der Waals surface area contributed by atoms with Gasteiger partial charge in [-0.25, -0.2) is 0 Å². The summed E-state index contributed by atoms with van der Waals surface area (Å²) in [5.41, 5.74) is 7.20. The second-order valence-electron chi connectivity index (χ2n) is 3.54. The minimum Gasteiger partial charge on any atom is -0.409 e. The predicted molar refractivity (Wildman–Crippen MR) is 58.9 cm³/mol. The van der Waals surface area contributed by atoms with Crippen LogP contribution in [0, 0.1) is 0 Å². The Morgan fingerprint density at radius 2 is 2.00 bits per heavy atom. The van der Waals surface area contributed by atoms with Crippen molar-refractivity contribution in [2.24, 2.45) is 10.9 Å². The predicted octanol–water partition coefficient (Wildman–Crippen LogP) is 1.71. The number of hydrogen-bond acceptors (Lipinski definition) is 3. The van der Waals surface area contributed by atoms with E-state index in [9.17, 15) is 0 Å². The molecule has 4 heteroatoms. The Bertz CT molecular complexity index is 331. The van der Waals surface area contributed by atoms with E-state index >= 15 is 0 Å². The van der Waals surface area contributed by atoms with Gasteiger partial charge in [-0.2, -0.15) is 0 Å². The topological polar surface area (TPSA) is 67.8 Å². The number of hydrogen-bond donors (Lipinski definition) is 2. The lowest BCUT2D eigenvalue weighted by Crippen LogP contribution is -2.12. The number of oxime groups is 1. The minimum absolute atomic E-state index is 0.117. The van der Waals surface area contributed by atoms with Crippen LogP contribution in [0.1, 0.15) is 25.0 Å². The van der Waals surface area contributed by atoms with Crippen molar-refractivity contribution in [2.75, 3.05) is 0 Å². The fourth-order valence-corrected chi connectivity index (χ4v) is 1.09. The zero-order valence-electron chi connectivity index (χ0n) is 8.97. The van der Waals surface area contributed by atoms with Crippen LogP contribution in [0.2, 0.25) is 0 Å². The number of nitrogens with two attached hydrogens (primary N) is 1. The fourth-order valence-electron chi connectivity index (χ4n) is 1.09. The molecule has 0 amide bonds. The molecule has 0 aliphatic heterocycles. The molecule has 0 unspecified atom stereocenters. The molecule has 82 valence electrons. The summed E-state index contributed by atoms with van der Waals surface area (Å²) in [5.74, 6) is 0.117. The lowest BCUT2D eigenvalue weighted by Gasteiger charge is -2.07. The summed E-state index contributed by atoms with van der Waals surface area (Å²) in [7, 11) is 0. The first-order valence-electron chi connectivity index (χ1n) is 4.82. The Morgan fingerprint density at radius 1 is 1.40 bits per heavy atom. The molecular formula is C11H16N2O2. The fraction of sp³-hybridized carbons (Fsp3) is 0.364. The van der Waals surface area contributed by atoms with Gasteiger partial charge in [0.1, 0.15) is 0 Å². The van der Waals surface area contributed by atoms with E-state index in [0.29, 0.717) is 12.2 Å². The molecule has 0 radical (unpaired) electrons. The lowest BCUT2D eigenvalue weighted by molar-refractivity contribution is 0.0657. The van der Waals surface area contributed by atoms with E-state index in [2.05, 4.69) is 5.16 Å². The normalized spacial score (nSPS) is 12.1. The van der Waals surface area contributed by atoms with Crippen LogP contribution in [-0.4, -0.2) is 17.1 Å².